The minimum Gasteiger partial charge on any atom is -0.369 e. The first-order valence-electron chi connectivity index (χ1n) is 4.83. The van der Waals surface area contributed by atoms with Crippen LogP contribution in [0.15, 0.2) is 29.2 Å². The lowest BCUT2D eigenvalue weighted by Gasteiger charge is -2.07. The molecule has 0 aliphatic rings. The molecule has 0 aliphatic carbocycles. The standard InChI is InChI=1S/C11H16N2OS/c1-8(11(12)14)15-10-5-3-9(4-6-10)7-13-2/h3-6,8,13H,7H2,1-2H3,(H2,12,14). The molecular formula is C11H16N2OS. The van der Waals surface area contributed by atoms with Crippen LogP contribution in [0.5, 0.6) is 0 Å². The van der Waals surface area contributed by atoms with E-state index in [4.69, 9.17) is 5.73 Å². The van der Waals surface area contributed by atoms with Crippen LogP contribution in [0.1, 0.15) is 12.5 Å². The van der Waals surface area contributed by atoms with Gasteiger partial charge in [0.05, 0.1) is 5.25 Å². The van der Waals surface area contributed by atoms with Gasteiger partial charge in [0.25, 0.3) is 0 Å². The highest BCUT2D eigenvalue weighted by atomic mass is 32.2. The van der Waals surface area contributed by atoms with E-state index in [0.29, 0.717) is 0 Å². The summed E-state index contributed by atoms with van der Waals surface area (Å²) in [4.78, 5) is 11.9. The predicted molar refractivity (Wildman–Crippen MR) is 63.7 cm³/mol. The summed E-state index contributed by atoms with van der Waals surface area (Å²) in [6, 6.07) is 8.12. The first kappa shape index (κ1) is 12.1. The zero-order chi connectivity index (χ0) is 11.3. The quantitative estimate of drug-likeness (QED) is 0.743. The number of hydrogen-bond donors (Lipinski definition) is 2. The molecule has 1 aromatic rings. The maximum atomic E-state index is 10.9. The maximum absolute atomic E-state index is 10.9. The SMILES string of the molecule is CNCc1ccc(SC(C)C(N)=O)cc1. The Morgan fingerprint density at radius 2 is 2.07 bits per heavy atom. The van der Waals surface area contributed by atoms with Crippen molar-refractivity contribution in [2.75, 3.05) is 7.05 Å². The number of benzene rings is 1. The number of nitrogens with two attached hydrogens (primary N) is 1. The first-order chi connectivity index (χ1) is 7.13. The van der Waals surface area contributed by atoms with Crippen LogP contribution in [0.4, 0.5) is 0 Å². The van der Waals surface area contributed by atoms with Gasteiger partial charge in [-0.3, -0.25) is 4.79 Å². The van der Waals surface area contributed by atoms with E-state index in [1.54, 1.807) is 0 Å². The van der Waals surface area contributed by atoms with Crippen LogP contribution in [0.2, 0.25) is 0 Å². The second kappa shape index (κ2) is 5.78. The highest BCUT2D eigenvalue weighted by Gasteiger charge is 2.09. The molecular weight excluding hydrogens is 208 g/mol. The summed E-state index contributed by atoms with van der Waals surface area (Å²) in [6.07, 6.45) is 0. The molecule has 0 bridgehead atoms. The number of thioether (sulfide) groups is 1. The fourth-order valence-electron chi connectivity index (χ4n) is 1.15. The van der Waals surface area contributed by atoms with Gasteiger partial charge in [-0.05, 0) is 31.7 Å². The van der Waals surface area contributed by atoms with E-state index in [-0.39, 0.29) is 11.2 Å². The van der Waals surface area contributed by atoms with Crippen LogP contribution in [0.25, 0.3) is 0 Å². The Labute approximate surface area is 94.4 Å². The molecule has 0 saturated carbocycles. The molecule has 0 aliphatic heterocycles. The molecule has 0 heterocycles. The third-order valence-electron chi connectivity index (χ3n) is 2.02. The normalized spacial score (nSPS) is 12.4. The third kappa shape index (κ3) is 3.93. The van der Waals surface area contributed by atoms with Crippen molar-refractivity contribution >= 4 is 17.7 Å². The van der Waals surface area contributed by atoms with Gasteiger partial charge in [-0.15, -0.1) is 11.8 Å². The molecule has 3 nitrogen and oxygen atoms in total. The van der Waals surface area contributed by atoms with Crippen molar-refractivity contribution in [1.29, 1.82) is 0 Å². The average molecular weight is 224 g/mol. The lowest BCUT2D eigenvalue weighted by Crippen LogP contribution is -2.22. The highest BCUT2D eigenvalue weighted by Crippen LogP contribution is 2.23. The van der Waals surface area contributed by atoms with E-state index >= 15 is 0 Å². The maximum Gasteiger partial charge on any atom is 0.230 e. The fraction of sp³-hybridized carbons (Fsp3) is 0.364. The summed E-state index contributed by atoms with van der Waals surface area (Å²) < 4.78 is 0. The highest BCUT2D eigenvalue weighted by molar-refractivity contribution is 8.00. The number of carbonyl (C=O) groups is 1. The van der Waals surface area contributed by atoms with Gasteiger partial charge in [-0.25, -0.2) is 0 Å². The number of hydrogen-bond acceptors (Lipinski definition) is 3. The van der Waals surface area contributed by atoms with Crippen molar-refractivity contribution in [1.82, 2.24) is 5.32 Å². The Morgan fingerprint density at radius 3 is 2.53 bits per heavy atom. The molecule has 0 saturated heterocycles. The molecule has 0 fully saturated rings. The van der Waals surface area contributed by atoms with E-state index < -0.39 is 0 Å². The van der Waals surface area contributed by atoms with Crippen LogP contribution < -0.4 is 11.1 Å². The fourth-order valence-corrected chi connectivity index (χ4v) is 1.97. The zero-order valence-corrected chi connectivity index (χ0v) is 9.80. The van der Waals surface area contributed by atoms with Crippen molar-refractivity contribution in [2.24, 2.45) is 5.73 Å². The number of carbonyl (C=O) groups excluding carboxylic acids is 1. The summed E-state index contributed by atoms with van der Waals surface area (Å²) >= 11 is 1.48. The van der Waals surface area contributed by atoms with Gasteiger partial charge in [-0.2, -0.15) is 0 Å². The van der Waals surface area contributed by atoms with Gasteiger partial charge in [0.15, 0.2) is 0 Å². The Kier molecular flexibility index (Phi) is 4.65. The molecule has 15 heavy (non-hydrogen) atoms. The van der Waals surface area contributed by atoms with Crippen LogP contribution in [0, 0.1) is 0 Å². The Hall–Kier alpha value is -1.00. The molecule has 1 aromatic carbocycles. The topological polar surface area (TPSA) is 55.1 Å². The predicted octanol–water partition coefficient (Wildman–Crippen LogP) is 1.37. The Bertz CT molecular complexity index is 324. The smallest absolute Gasteiger partial charge is 0.230 e. The lowest BCUT2D eigenvalue weighted by atomic mass is 10.2. The number of amides is 1. The first-order valence-corrected chi connectivity index (χ1v) is 5.71. The largest absolute Gasteiger partial charge is 0.369 e. The Morgan fingerprint density at radius 1 is 1.47 bits per heavy atom. The van der Waals surface area contributed by atoms with E-state index in [0.717, 1.165) is 11.4 Å². The minimum atomic E-state index is -0.278. The van der Waals surface area contributed by atoms with Crippen molar-refractivity contribution in [3.8, 4) is 0 Å². The van der Waals surface area contributed by atoms with Crippen LogP contribution >= 0.6 is 11.8 Å². The third-order valence-corrected chi connectivity index (χ3v) is 3.15. The second-order valence-corrected chi connectivity index (χ2v) is 4.75. The molecule has 1 unspecified atom stereocenters. The van der Waals surface area contributed by atoms with Crippen molar-refractivity contribution in [3.05, 3.63) is 29.8 Å². The van der Waals surface area contributed by atoms with E-state index in [2.05, 4.69) is 5.32 Å². The van der Waals surface area contributed by atoms with Crippen LogP contribution in [-0.4, -0.2) is 18.2 Å². The summed E-state index contributed by atoms with van der Waals surface area (Å²) in [5, 5.41) is 2.90. The second-order valence-electron chi connectivity index (χ2n) is 3.34. The van der Waals surface area contributed by atoms with Gasteiger partial charge >= 0.3 is 0 Å². The van der Waals surface area contributed by atoms with E-state index in [9.17, 15) is 4.79 Å². The monoisotopic (exact) mass is 224 g/mol. The van der Waals surface area contributed by atoms with Gasteiger partial charge in [0, 0.05) is 11.4 Å². The van der Waals surface area contributed by atoms with Crippen molar-refractivity contribution in [2.45, 2.75) is 23.6 Å². The number of primary amides is 1. The van der Waals surface area contributed by atoms with E-state index in [1.807, 2.05) is 38.2 Å². The summed E-state index contributed by atoms with van der Waals surface area (Å²) in [5.41, 5.74) is 6.42. The van der Waals surface area contributed by atoms with Gasteiger partial charge < -0.3 is 11.1 Å². The van der Waals surface area contributed by atoms with Crippen molar-refractivity contribution in [3.63, 3.8) is 0 Å². The molecule has 0 aromatic heterocycles. The minimum absolute atomic E-state index is 0.180. The average Bonchev–Trinajstić information content (AvgIpc) is 2.21. The number of rotatable bonds is 5. The summed E-state index contributed by atoms with van der Waals surface area (Å²) in [7, 11) is 1.91. The lowest BCUT2D eigenvalue weighted by molar-refractivity contribution is -0.117. The van der Waals surface area contributed by atoms with Crippen LogP contribution in [-0.2, 0) is 11.3 Å². The summed E-state index contributed by atoms with van der Waals surface area (Å²) in [6.45, 7) is 2.67. The molecule has 0 spiro atoms. The van der Waals surface area contributed by atoms with Crippen molar-refractivity contribution < 1.29 is 4.79 Å². The van der Waals surface area contributed by atoms with Gasteiger partial charge in [0.2, 0.25) is 5.91 Å². The summed E-state index contributed by atoms with van der Waals surface area (Å²) in [5.74, 6) is -0.278. The van der Waals surface area contributed by atoms with Gasteiger partial charge in [0.1, 0.15) is 0 Å². The molecule has 1 amide bonds. The zero-order valence-electron chi connectivity index (χ0n) is 8.99. The molecule has 1 rings (SSSR count). The molecule has 3 N–H and O–H groups in total. The van der Waals surface area contributed by atoms with E-state index in [1.165, 1.54) is 17.3 Å². The molecule has 1 atom stereocenters. The molecule has 4 heteroatoms. The number of nitrogens with one attached hydrogen (secondary N) is 1. The molecule has 82 valence electrons. The Balaban J connectivity index is 2.60. The van der Waals surface area contributed by atoms with Gasteiger partial charge in [-0.1, -0.05) is 12.1 Å². The molecule has 0 radical (unpaired) electrons. The van der Waals surface area contributed by atoms with Crippen LogP contribution in [0.3, 0.4) is 0 Å².